The van der Waals surface area contributed by atoms with Crippen molar-refractivity contribution in [2.24, 2.45) is 0 Å². The van der Waals surface area contributed by atoms with Gasteiger partial charge in [0, 0.05) is 6.54 Å². The number of carbonyl (C=O) groups is 2. The predicted octanol–water partition coefficient (Wildman–Crippen LogP) is 1.49. The largest absolute Gasteiger partial charge is 0.482 e. The van der Waals surface area contributed by atoms with E-state index in [2.05, 4.69) is 20.6 Å². The first-order chi connectivity index (χ1) is 13.0. The standard InChI is InChI=1S/C19H16N4O4/c1-10-2-4-13-12(6-10)18(25)23-17(22-13)19(26)20-8-11-3-5-14-15(7-11)27-9-16(24)21-14/h2-7H,8-9H2,1H3,(H,20,26)(H,21,24)(H,22,23,25). The van der Waals surface area contributed by atoms with Gasteiger partial charge in [-0.15, -0.1) is 0 Å². The lowest BCUT2D eigenvalue weighted by Gasteiger charge is -2.18. The van der Waals surface area contributed by atoms with Crippen LogP contribution in [-0.2, 0) is 11.3 Å². The normalized spacial score (nSPS) is 12.9. The minimum absolute atomic E-state index is 0.0372. The minimum Gasteiger partial charge on any atom is -0.482 e. The number of amides is 2. The Bertz CT molecular complexity index is 1140. The molecule has 0 fully saturated rings. The van der Waals surface area contributed by atoms with Crippen LogP contribution in [0.15, 0.2) is 41.2 Å². The van der Waals surface area contributed by atoms with E-state index in [-0.39, 0.29) is 30.4 Å². The Balaban J connectivity index is 1.51. The molecule has 2 amide bonds. The van der Waals surface area contributed by atoms with Crippen molar-refractivity contribution < 1.29 is 14.3 Å². The lowest BCUT2D eigenvalue weighted by atomic mass is 10.1. The van der Waals surface area contributed by atoms with E-state index in [1.165, 1.54) is 0 Å². The zero-order valence-electron chi connectivity index (χ0n) is 14.5. The molecule has 3 N–H and O–H groups in total. The zero-order valence-corrected chi connectivity index (χ0v) is 14.5. The summed E-state index contributed by atoms with van der Waals surface area (Å²) < 4.78 is 5.36. The molecule has 0 saturated heterocycles. The number of nitrogens with one attached hydrogen (secondary N) is 3. The van der Waals surface area contributed by atoms with Gasteiger partial charge in [0.15, 0.2) is 12.4 Å². The molecule has 8 heteroatoms. The fraction of sp³-hybridized carbons (Fsp3) is 0.158. The second-order valence-corrected chi connectivity index (χ2v) is 6.29. The molecule has 0 radical (unpaired) electrons. The number of aromatic nitrogens is 2. The van der Waals surface area contributed by atoms with E-state index >= 15 is 0 Å². The maximum absolute atomic E-state index is 12.4. The van der Waals surface area contributed by atoms with Crippen LogP contribution in [0.4, 0.5) is 5.69 Å². The highest BCUT2D eigenvalue weighted by molar-refractivity contribution is 5.95. The first-order valence-corrected chi connectivity index (χ1v) is 8.34. The van der Waals surface area contributed by atoms with Crippen LogP contribution in [0.2, 0.25) is 0 Å². The summed E-state index contributed by atoms with van der Waals surface area (Å²) in [6, 6.07) is 10.5. The molecule has 0 bridgehead atoms. The molecule has 0 saturated carbocycles. The molecule has 27 heavy (non-hydrogen) atoms. The second kappa shape index (κ2) is 6.56. The minimum atomic E-state index is -0.485. The van der Waals surface area contributed by atoms with Gasteiger partial charge in [-0.1, -0.05) is 17.7 Å². The summed E-state index contributed by atoms with van der Waals surface area (Å²) in [4.78, 5) is 42.6. The molecular weight excluding hydrogens is 348 g/mol. The monoisotopic (exact) mass is 364 g/mol. The van der Waals surface area contributed by atoms with Gasteiger partial charge in [-0.25, -0.2) is 4.98 Å². The highest BCUT2D eigenvalue weighted by Crippen LogP contribution is 2.28. The number of H-pyrrole nitrogens is 1. The number of anilines is 1. The van der Waals surface area contributed by atoms with Gasteiger partial charge in [-0.05, 0) is 36.8 Å². The third-order valence-electron chi connectivity index (χ3n) is 4.21. The summed E-state index contributed by atoms with van der Waals surface area (Å²) in [5.41, 5.74) is 2.44. The first kappa shape index (κ1) is 16.8. The Labute approximate surface area is 153 Å². The van der Waals surface area contributed by atoms with E-state index in [1.54, 1.807) is 30.3 Å². The maximum atomic E-state index is 12.4. The molecule has 8 nitrogen and oxygen atoms in total. The Morgan fingerprint density at radius 3 is 2.93 bits per heavy atom. The smallest absolute Gasteiger partial charge is 0.287 e. The SMILES string of the molecule is Cc1ccc2nc(C(=O)NCc3ccc4c(c3)OCC(=O)N4)[nH]c(=O)c2c1. The molecule has 136 valence electrons. The Hall–Kier alpha value is -3.68. The topological polar surface area (TPSA) is 113 Å². The highest BCUT2D eigenvalue weighted by atomic mass is 16.5. The van der Waals surface area contributed by atoms with E-state index in [4.69, 9.17) is 4.74 Å². The maximum Gasteiger partial charge on any atom is 0.287 e. The van der Waals surface area contributed by atoms with E-state index in [0.717, 1.165) is 11.1 Å². The quantitative estimate of drug-likeness (QED) is 0.652. The lowest BCUT2D eigenvalue weighted by molar-refractivity contribution is -0.118. The molecule has 0 unspecified atom stereocenters. The fourth-order valence-corrected chi connectivity index (χ4v) is 2.86. The van der Waals surface area contributed by atoms with Crippen LogP contribution < -0.4 is 20.9 Å². The number of fused-ring (bicyclic) bond motifs is 2. The van der Waals surface area contributed by atoms with Crippen LogP contribution in [0.1, 0.15) is 21.7 Å². The van der Waals surface area contributed by atoms with Crippen LogP contribution in [-0.4, -0.2) is 28.4 Å². The van der Waals surface area contributed by atoms with E-state index in [9.17, 15) is 14.4 Å². The number of hydrogen-bond acceptors (Lipinski definition) is 5. The van der Waals surface area contributed by atoms with Gasteiger partial charge >= 0.3 is 0 Å². The van der Waals surface area contributed by atoms with Gasteiger partial charge < -0.3 is 20.4 Å². The van der Waals surface area contributed by atoms with E-state index in [1.807, 2.05) is 13.0 Å². The van der Waals surface area contributed by atoms with Gasteiger partial charge in [0.25, 0.3) is 17.4 Å². The number of rotatable bonds is 3. The lowest BCUT2D eigenvalue weighted by Crippen LogP contribution is -2.28. The van der Waals surface area contributed by atoms with Gasteiger partial charge in [0.05, 0.1) is 16.6 Å². The number of hydrogen-bond donors (Lipinski definition) is 3. The fourth-order valence-electron chi connectivity index (χ4n) is 2.86. The zero-order chi connectivity index (χ0) is 19.0. The van der Waals surface area contributed by atoms with Crippen molar-refractivity contribution >= 4 is 28.4 Å². The van der Waals surface area contributed by atoms with Crippen LogP contribution in [0.3, 0.4) is 0 Å². The highest BCUT2D eigenvalue weighted by Gasteiger charge is 2.16. The van der Waals surface area contributed by atoms with Crippen molar-refractivity contribution in [3.8, 4) is 5.75 Å². The number of aryl methyl sites for hydroxylation is 1. The van der Waals surface area contributed by atoms with Crippen molar-refractivity contribution in [2.45, 2.75) is 13.5 Å². The Morgan fingerprint density at radius 1 is 1.22 bits per heavy atom. The summed E-state index contributed by atoms with van der Waals surface area (Å²) in [6.07, 6.45) is 0. The second-order valence-electron chi connectivity index (χ2n) is 6.29. The van der Waals surface area contributed by atoms with Crippen molar-refractivity contribution in [2.75, 3.05) is 11.9 Å². The Morgan fingerprint density at radius 2 is 2.07 bits per heavy atom. The van der Waals surface area contributed by atoms with E-state index < -0.39 is 5.91 Å². The summed E-state index contributed by atoms with van der Waals surface area (Å²) in [6.45, 7) is 2.07. The van der Waals surface area contributed by atoms with Gasteiger partial charge in [-0.2, -0.15) is 0 Å². The van der Waals surface area contributed by atoms with Crippen molar-refractivity contribution in [1.29, 1.82) is 0 Å². The third-order valence-corrected chi connectivity index (χ3v) is 4.21. The molecule has 0 atom stereocenters. The van der Waals surface area contributed by atoms with Crippen LogP contribution >= 0.6 is 0 Å². The van der Waals surface area contributed by atoms with Crippen LogP contribution in [0, 0.1) is 6.92 Å². The van der Waals surface area contributed by atoms with Crippen molar-refractivity contribution in [3.05, 3.63) is 63.7 Å². The molecule has 0 aliphatic carbocycles. The van der Waals surface area contributed by atoms with Crippen LogP contribution in [0.5, 0.6) is 5.75 Å². The molecule has 2 aromatic carbocycles. The third kappa shape index (κ3) is 3.37. The van der Waals surface area contributed by atoms with Gasteiger partial charge in [-0.3, -0.25) is 14.4 Å². The Kier molecular flexibility index (Phi) is 4.08. The van der Waals surface area contributed by atoms with Gasteiger partial charge in [0.1, 0.15) is 5.75 Å². The van der Waals surface area contributed by atoms with Gasteiger partial charge in [0.2, 0.25) is 0 Å². The number of nitrogens with zero attached hydrogens (tertiary/aromatic N) is 1. The number of carbonyl (C=O) groups excluding carboxylic acids is 2. The molecular formula is C19H16N4O4. The first-order valence-electron chi connectivity index (χ1n) is 8.34. The van der Waals surface area contributed by atoms with Crippen LogP contribution in [0.25, 0.3) is 10.9 Å². The number of benzene rings is 2. The van der Waals surface area contributed by atoms with Crippen molar-refractivity contribution in [3.63, 3.8) is 0 Å². The summed E-state index contributed by atoms with van der Waals surface area (Å²) >= 11 is 0. The average molecular weight is 364 g/mol. The number of aromatic amines is 1. The molecule has 2 heterocycles. The molecule has 1 aromatic heterocycles. The molecule has 3 aromatic rings. The van der Waals surface area contributed by atoms with E-state index in [0.29, 0.717) is 22.3 Å². The van der Waals surface area contributed by atoms with Crippen molar-refractivity contribution in [1.82, 2.24) is 15.3 Å². The molecule has 4 rings (SSSR count). The summed E-state index contributed by atoms with van der Waals surface area (Å²) in [5, 5.41) is 5.87. The summed E-state index contributed by atoms with van der Waals surface area (Å²) in [5.74, 6) is -0.182. The number of ether oxygens (including phenoxy) is 1. The molecule has 1 aliphatic rings. The predicted molar refractivity (Wildman–Crippen MR) is 98.8 cm³/mol. The summed E-state index contributed by atoms with van der Waals surface area (Å²) in [7, 11) is 0. The average Bonchev–Trinajstić information content (AvgIpc) is 2.66. The molecule has 1 aliphatic heterocycles. The molecule has 0 spiro atoms.